The number of carbonyl (C=O) groups is 1. The second kappa shape index (κ2) is 7.60. The van der Waals surface area contributed by atoms with Crippen LogP contribution in [-0.2, 0) is 14.2 Å². The predicted molar refractivity (Wildman–Crippen MR) is 73.4 cm³/mol. The van der Waals surface area contributed by atoms with E-state index in [2.05, 4.69) is 15.4 Å². The summed E-state index contributed by atoms with van der Waals surface area (Å²) >= 11 is 0. The predicted octanol–water partition coefficient (Wildman–Crippen LogP) is 2.28. The smallest absolute Gasteiger partial charge is 0.411 e. The van der Waals surface area contributed by atoms with Gasteiger partial charge in [0.25, 0.3) is 0 Å². The molecule has 0 saturated heterocycles. The molecule has 0 heterocycles. The topological polar surface area (TPSA) is 68.8 Å². The highest BCUT2D eigenvalue weighted by molar-refractivity contribution is 5.85. The average molecular weight is 268 g/mol. The van der Waals surface area contributed by atoms with E-state index >= 15 is 0 Å². The number of hydrogen-bond acceptors (Lipinski definition) is 5. The summed E-state index contributed by atoms with van der Waals surface area (Å²) in [6.07, 6.45) is -0.853. The molecule has 19 heavy (non-hydrogen) atoms. The molecule has 1 atom stereocenters. The van der Waals surface area contributed by atoms with Crippen molar-refractivity contribution in [3.8, 4) is 0 Å². The Kier molecular flexibility index (Phi) is 6.11. The average Bonchev–Trinajstić information content (AvgIpc) is 2.40. The van der Waals surface area contributed by atoms with Crippen LogP contribution in [0.5, 0.6) is 0 Å². The van der Waals surface area contributed by atoms with Crippen molar-refractivity contribution in [1.82, 2.24) is 0 Å². The fraction of sp³-hybridized carbons (Fsp3) is 0.462. The maximum absolute atomic E-state index is 11.1. The molecule has 1 aromatic carbocycles. The lowest BCUT2D eigenvalue weighted by atomic mass is 10.2. The van der Waals surface area contributed by atoms with Crippen LogP contribution in [0.4, 0.5) is 16.2 Å². The molecule has 0 saturated carbocycles. The molecule has 0 aliphatic rings. The van der Waals surface area contributed by atoms with Crippen LogP contribution in [0.1, 0.15) is 6.92 Å². The van der Waals surface area contributed by atoms with Crippen LogP contribution < -0.4 is 10.6 Å². The van der Waals surface area contributed by atoms with E-state index in [-0.39, 0.29) is 12.3 Å². The minimum atomic E-state index is -0.503. The Hall–Kier alpha value is -1.79. The van der Waals surface area contributed by atoms with Crippen molar-refractivity contribution in [2.45, 2.75) is 19.3 Å². The fourth-order valence-electron chi connectivity index (χ4n) is 1.69. The first kappa shape index (κ1) is 15.3. The molecule has 0 radical (unpaired) electrons. The third-order valence-electron chi connectivity index (χ3n) is 2.56. The molecule has 0 aliphatic heterocycles. The lowest BCUT2D eigenvalue weighted by molar-refractivity contribution is -0.109. The molecule has 0 aromatic heterocycles. The van der Waals surface area contributed by atoms with Crippen LogP contribution in [0.25, 0.3) is 0 Å². The van der Waals surface area contributed by atoms with Gasteiger partial charge in [-0.2, -0.15) is 0 Å². The van der Waals surface area contributed by atoms with E-state index in [4.69, 9.17) is 9.47 Å². The summed E-state index contributed by atoms with van der Waals surface area (Å²) in [6, 6.07) is 7.26. The molecule has 1 rings (SSSR count). The van der Waals surface area contributed by atoms with E-state index in [0.717, 1.165) is 5.69 Å². The van der Waals surface area contributed by atoms with Crippen LogP contribution >= 0.6 is 0 Å². The van der Waals surface area contributed by atoms with Crippen LogP contribution in [0, 0.1) is 0 Å². The Labute approximate surface area is 113 Å². The number of hydrogen-bond donors (Lipinski definition) is 2. The lowest BCUT2D eigenvalue weighted by Gasteiger charge is -2.23. The summed E-state index contributed by atoms with van der Waals surface area (Å²) in [4.78, 5) is 11.1. The third-order valence-corrected chi connectivity index (χ3v) is 2.56. The van der Waals surface area contributed by atoms with Gasteiger partial charge in [0.15, 0.2) is 6.29 Å². The normalized spacial score (nSPS) is 12.1. The van der Waals surface area contributed by atoms with Gasteiger partial charge < -0.3 is 19.5 Å². The monoisotopic (exact) mass is 268 g/mol. The van der Waals surface area contributed by atoms with Gasteiger partial charge in [-0.1, -0.05) is 6.07 Å². The highest BCUT2D eigenvalue weighted by Crippen LogP contribution is 2.17. The van der Waals surface area contributed by atoms with Gasteiger partial charge in [-0.25, -0.2) is 4.79 Å². The van der Waals surface area contributed by atoms with Crippen molar-refractivity contribution < 1.29 is 19.0 Å². The van der Waals surface area contributed by atoms with E-state index in [1.54, 1.807) is 26.4 Å². The second-order valence-electron chi connectivity index (χ2n) is 3.97. The highest BCUT2D eigenvalue weighted by atomic mass is 16.7. The molecule has 6 heteroatoms. The number of nitrogens with one attached hydrogen (secondary N) is 2. The van der Waals surface area contributed by atoms with Crippen LogP contribution in [0.2, 0.25) is 0 Å². The van der Waals surface area contributed by atoms with Crippen molar-refractivity contribution >= 4 is 17.5 Å². The van der Waals surface area contributed by atoms with Gasteiger partial charge in [0.1, 0.15) is 0 Å². The van der Waals surface area contributed by atoms with E-state index in [9.17, 15) is 4.79 Å². The zero-order valence-electron chi connectivity index (χ0n) is 11.6. The summed E-state index contributed by atoms with van der Waals surface area (Å²) in [7, 11) is 4.49. The zero-order chi connectivity index (χ0) is 14.3. The van der Waals surface area contributed by atoms with Crippen molar-refractivity contribution in [3.05, 3.63) is 24.3 Å². The summed E-state index contributed by atoms with van der Waals surface area (Å²) < 4.78 is 14.9. The number of carbonyl (C=O) groups excluding carboxylic acids is 1. The van der Waals surface area contributed by atoms with Gasteiger partial charge >= 0.3 is 6.09 Å². The number of benzene rings is 1. The largest absolute Gasteiger partial charge is 0.453 e. The minimum absolute atomic E-state index is 0.0385. The molecule has 0 aliphatic carbocycles. The van der Waals surface area contributed by atoms with E-state index in [1.165, 1.54) is 7.11 Å². The third kappa shape index (κ3) is 4.76. The summed E-state index contributed by atoms with van der Waals surface area (Å²) in [5.74, 6) is 0. The van der Waals surface area contributed by atoms with Crippen LogP contribution in [0.3, 0.4) is 0 Å². The molecular weight excluding hydrogens is 248 g/mol. The first-order valence-electron chi connectivity index (χ1n) is 5.88. The van der Waals surface area contributed by atoms with Crippen LogP contribution in [-0.4, -0.2) is 39.8 Å². The van der Waals surface area contributed by atoms with Crippen molar-refractivity contribution in [3.63, 3.8) is 0 Å². The summed E-state index contributed by atoms with van der Waals surface area (Å²) in [6.45, 7) is 1.94. The molecule has 106 valence electrons. The van der Waals surface area contributed by atoms with E-state index in [0.29, 0.717) is 5.69 Å². The van der Waals surface area contributed by atoms with E-state index in [1.807, 2.05) is 19.1 Å². The Bertz CT molecular complexity index is 407. The molecular formula is C13H20N2O4. The number of rotatable bonds is 6. The van der Waals surface area contributed by atoms with Crippen LogP contribution in [0.15, 0.2) is 24.3 Å². The zero-order valence-corrected chi connectivity index (χ0v) is 11.6. The van der Waals surface area contributed by atoms with E-state index < -0.39 is 6.09 Å². The van der Waals surface area contributed by atoms with Gasteiger partial charge in [-0.05, 0) is 25.1 Å². The first-order chi connectivity index (χ1) is 9.10. The molecule has 0 spiro atoms. The van der Waals surface area contributed by atoms with Gasteiger partial charge in [0.05, 0.1) is 13.2 Å². The second-order valence-corrected chi connectivity index (χ2v) is 3.97. The number of methoxy groups -OCH3 is 3. The van der Waals surface area contributed by atoms with Gasteiger partial charge in [0.2, 0.25) is 0 Å². The quantitative estimate of drug-likeness (QED) is 0.775. The molecule has 6 nitrogen and oxygen atoms in total. The molecule has 1 unspecified atom stereocenters. The Morgan fingerprint density at radius 3 is 2.37 bits per heavy atom. The number of ether oxygens (including phenoxy) is 3. The van der Waals surface area contributed by atoms with Crippen molar-refractivity contribution in [1.29, 1.82) is 0 Å². The number of anilines is 2. The molecule has 2 N–H and O–H groups in total. The Balaban J connectivity index is 2.68. The fourth-order valence-corrected chi connectivity index (χ4v) is 1.69. The minimum Gasteiger partial charge on any atom is -0.453 e. The summed E-state index contributed by atoms with van der Waals surface area (Å²) in [5, 5.41) is 5.83. The van der Waals surface area contributed by atoms with Gasteiger partial charge in [0, 0.05) is 25.6 Å². The lowest BCUT2D eigenvalue weighted by Crippen LogP contribution is -2.33. The van der Waals surface area contributed by atoms with Crippen molar-refractivity contribution in [2.75, 3.05) is 32.0 Å². The molecule has 0 fully saturated rings. The first-order valence-corrected chi connectivity index (χ1v) is 5.88. The standard InChI is InChI=1S/C13H20N2O4/c1-9(12(17-2)18-3)14-10-6-5-7-11(8-10)15-13(16)19-4/h5-9,12,14H,1-4H3,(H,15,16). The molecule has 1 amide bonds. The maximum atomic E-state index is 11.1. The van der Waals surface area contributed by atoms with Gasteiger partial charge in [-0.15, -0.1) is 0 Å². The van der Waals surface area contributed by atoms with Gasteiger partial charge in [-0.3, -0.25) is 5.32 Å². The highest BCUT2D eigenvalue weighted by Gasteiger charge is 2.15. The maximum Gasteiger partial charge on any atom is 0.411 e. The Morgan fingerprint density at radius 2 is 1.79 bits per heavy atom. The molecule has 1 aromatic rings. The summed E-state index contributed by atoms with van der Waals surface area (Å²) in [5.41, 5.74) is 1.50. The number of amides is 1. The van der Waals surface area contributed by atoms with Crippen molar-refractivity contribution in [2.24, 2.45) is 0 Å². The SMILES string of the molecule is COC(=O)Nc1cccc(NC(C)C(OC)OC)c1. The Morgan fingerprint density at radius 1 is 1.16 bits per heavy atom. The molecule has 0 bridgehead atoms.